The first-order chi connectivity index (χ1) is 15.8. The number of carbonyl (C=O) groups excluding carboxylic acids is 3. The molecule has 0 radical (unpaired) electrons. The molecular weight excluding hydrogens is 468 g/mol. The van der Waals surface area contributed by atoms with Crippen LogP contribution >= 0.6 is 22.9 Å². The number of amides is 3. The normalized spacial score (nSPS) is 19.0. The summed E-state index contributed by atoms with van der Waals surface area (Å²) in [6, 6.07) is 5.16. The van der Waals surface area contributed by atoms with Crippen LogP contribution in [-0.4, -0.2) is 61.3 Å². The van der Waals surface area contributed by atoms with Gasteiger partial charge in [-0.1, -0.05) is 11.6 Å². The zero-order valence-corrected chi connectivity index (χ0v) is 20.0. The molecule has 4 rings (SSSR count). The van der Waals surface area contributed by atoms with Crippen molar-refractivity contribution in [3.05, 3.63) is 39.9 Å². The molecule has 1 unspecified atom stereocenters. The second-order valence-corrected chi connectivity index (χ2v) is 9.59. The Hall–Kier alpha value is -2.85. The average molecular weight is 493 g/mol. The van der Waals surface area contributed by atoms with Gasteiger partial charge in [-0.25, -0.2) is 14.6 Å². The van der Waals surface area contributed by atoms with Gasteiger partial charge in [0, 0.05) is 46.8 Å². The standard InChI is InChI=1S/C22H25ClN4O5S/c1-3-32-18(28)7-5-15-11-24-19(33-15)25-20(29)27-13-22(8-9-26(12-22)21(30)31-2)16-10-14(23)4-6-17(16)27/h4,6,10-11H,3,5,7-9,12-13H2,1-2H3,(H,24,25,29). The Kier molecular flexibility index (Phi) is 6.76. The van der Waals surface area contributed by atoms with Crippen molar-refractivity contribution in [2.45, 2.75) is 31.6 Å². The molecular formula is C22H25ClN4O5S. The molecule has 1 aromatic carbocycles. The minimum Gasteiger partial charge on any atom is -0.466 e. The van der Waals surface area contributed by atoms with E-state index in [1.54, 1.807) is 29.0 Å². The number of halogens is 1. The maximum atomic E-state index is 13.2. The number of thiazole rings is 1. The Labute approximate surface area is 200 Å². The summed E-state index contributed by atoms with van der Waals surface area (Å²) in [6.07, 6.45) is 2.75. The van der Waals surface area contributed by atoms with E-state index in [1.165, 1.54) is 18.4 Å². The van der Waals surface area contributed by atoms with Gasteiger partial charge in [-0.05, 0) is 43.5 Å². The first kappa shape index (κ1) is 23.3. The van der Waals surface area contributed by atoms with Crippen LogP contribution in [0.3, 0.4) is 0 Å². The number of benzene rings is 1. The summed E-state index contributed by atoms with van der Waals surface area (Å²) in [5.74, 6) is -0.258. The highest BCUT2D eigenvalue weighted by atomic mass is 35.5. The van der Waals surface area contributed by atoms with Crippen molar-refractivity contribution < 1.29 is 23.9 Å². The van der Waals surface area contributed by atoms with Crippen LogP contribution in [-0.2, 0) is 26.1 Å². The van der Waals surface area contributed by atoms with E-state index in [1.807, 2.05) is 12.1 Å². The number of nitrogens with one attached hydrogen (secondary N) is 1. The molecule has 3 heterocycles. The van der Waals surface area contributed by atoms with Gasteiger partial charge in [-0.3, -0.25) is 15.0 Å². The van der Waals surface area contributed by atoms with Gasteiger partial charge >= 0.3 is 18.1 Å². The number of methoxy groups -OCH3 is 1. The summed E-state index contributed by atoms with van der Waals surface area (Å²) in [7, 11) is 1.36. The van der Waals surface area contributed by atoms with E-state index in [-0.39, 0.29) is 24.5 Å². The van der Waals surface area contributed by atoms with E-state index >= 15 is 0 Å². The molecule has 1 N–H and O–H groups in total. The number of rotatable bonds is 5. The third kappa shape index (κ3) is 4.77. The smallest absolute Gasteiger partial charge is 0.409 e. The summed E-state index contributed by atoms with van der Waals surface area (Å²) in [4.78, 5) is 45.3. The number of aryl methyl sites for hydroxylation is 1. The van der Waals surface area contributed by atoms with Crippen LogP contribution in [0.1, 0.15) is 30.2 Å². The number of ether oxygens (including phenoxy) is 2. The van der Waals surface area contributed by atoms with Crippen molar-refractivity contribution in [3.63, 3.8) is 0 Å². The largest absolute Gasteiger partial charge is 0.466 e. The van der Waals surface area contributed by atoms with Crippen molar-refractivity contribution in [3.8, 4) is 0 Å². The molecule has 2 aromatic rings. The van der Waals surface area contributed by atoms with Crippen molar-refractivity contribution >= 4 is 51.9 Å². The number of hydrogen-bond acceptors (Lipinski definition) is 7. The number of anilines is 2. The maximum absolute atomic E-state index is 13.2. The molecule has 176 valence electrons. The predicted octanol–water partition coefficient (Wildman–Crippen LogP) is 4.05. The zero-order valence-electron chi connectivity index (χ0n) is 18.4. The Morgan fingerprint density at radius 1 is 1.30 bits per heavy atom. The van der Waals surface area contributed by atoms with Gasteiger partial charge in [0.05, 0.1) is 20.1 Å². The molecule has 1 spiro atoms. The van der Waals surface area contributed by atoms with E-state index in [0.717, 1.165) is 16.1 Å². The van der Waals surface area contributed by atoms with E-state index < -0.39 is 5.41 Å². The predicted molar refractivity (Wildman–Crippen MR) is 125 cm³/mol. The Morgan fingerprint density at radius 2 is 2.12 bits per heavy atom. The van der Waals surface area contributed by atoms with Crippen LogP contribution in [0.15, 0.2) is 24.4 Å². The van der Waals surface area contributed by atoms with Crippen LogP contribution < -0.4 is 10.2 Å². The fraction of sp³-hybridized carbons (Fsp3) is 0.455. The third-order valence-corrected chi connectivity index (χ3v) is 7.17. The number of likely N-dealkylation sites (tertiary alicyclic amines) is 1. The summed E-state index contributed by atoms with van der Waals surface area (Å²) in [5.41, 5.74) is 1.31. The summed E-state index contributed by atoms with van der Waals surface area (Å²) < 4.78 is 9.83. The summed E-state index contributed by atoms with van der Waals surface area (Å²) in [6.45, 7) is 3.54. The van der Waals surface area contributed by atoms with Crippen molar-refractivity contribution in [1.82, 2.24) is 9.88 Å². The highest BCUT2D eigenvalue weighted by molar-refractivity contribution is 7.15. The van der Waals surface area contributed by atoms with Gasteiger partial charge in [0.15, 0.2) is 5.13 Å². The minimum atomic E-state index is -0.403. The zero-order chi connectivity index (χ0) is 23.6. The number of esters is 1. The lowest BCUT2D eigenvalue weighted by molar-refractivity contribution is -0.143. The molecule has 33 heavy (non-hydrogen) atoms. The second-order valence-electron chi connectivity index (χ2n) is 8.04. The Bertz CT molecular complexity index is 1080. The van der Waals surface area contributed by atoms with Crippen LogP contribution in [0.2, 0.25) is 5.02 Å². The molecule has 0 saturated carbocycles. The lowest BCUT2D eigenvalue weighted by Crippen LogP contribution is -2.41. The molecule has 2 aliphatic heterocycles. The van der Waals surface area contributed by atoms with Crippen molar-refractivity contribution in [2.75, 3.05) is 43.6 Å². The molecule has 9 nitrogen and oxygen atoms in total. The van der Waals surface area contributed by atoms with Gasteiger partial charge in [-0.15, -0.1) is 11.3 Å². The SMILES string of the molecule is CCOC(=O)CCc1cnc(NC(=O)N2CC3(CCN(C(=O)OC)C3)c3cc(Cl)ccc32)s1. The number of fused-ring (bicyclic) bond motifs is 2. The van der Waals surface area contributed by atoms with E-state index in [9.17, 15) is 14.4 Å². The number of urea groups is 1. The van der Waals surface area contributed by atoms with Gasteiger partial charge in [0.25, 0.3) is 0 Å². The molecule has 0 aliphatic carbocycles. The average Bonchev–Trinajstić information content (AvgIpc) is 3.51. The fourth-order valence-electron chi connectivity index (χ4n) is 4.43. The van der Waals surface area contributed by atoms with Crippen LogP contribution in [0, 0.1) is 0 Å². The van der Waals surface area contributed by atoms with Gasteiger partial charge in [0.1, 0.15) is 0 Å². The first-order valence-corrected chi connectivity index (χ1v) is 11.9. The highest BCUT2D eigenvalue weighted by Crippen LogP contribution is 2.47. The van der Waals surface area contributed by atoms with Gasteiger partial charge in [-0.2, -0.15) is 0 Å². The van der Waals surface area contributed by atoms with E-state index in [2.05, 4.69) is 10.3 Å². The van der Waals surface area contributed by atoms with E-state index in [0.29, 0.717) is 49.2 Å². The van der Waals surface area contributed by atoms with Crippen LogP contribution in [0.25, 0.3) is 0 Å². The Morgan fingerprint density at radius 3 is 2.88 bits per heavy atom. The molecule has 1 fully saturated rings. The lowest BCUT2D eigenvalue weighted by Gasteiger charge is -2.25. The molecule has 1 atom stereocenters. The molecule has 1 saturated heterocycles. The maximum Gasteiger partial charge on any atom is 0.409 e. The molecule has 2 aliphatic rings. The third-order valence-electron chi connectivity index (χ3n) is 5.96. The summed E-state index contributed by atoms with van der Waals surface area (Å²) in [5, 5.41) is 3.90. The number of nitrogens with zero attached hydrogens (tertiary/aromatic N) is 3. The Balaban J connectivity index is 1.48. The summed E-state index contributed by atoms with van der Waals surface area (Å²) >= 11 is 7.60. The number of carbonyl (C=O) groups is 3. The van der Waals surface area contributed by atoms with E-state index in [4.69, 9.17) is 21.1 Å². The quantitative estimate of drug-likeness (QED) is 0.632. The van der Waals surface area contributed by atoms with Crippen molar-refractivity contribution in [2.24, 2.45) is 0 Å². The molecule has 3 amide bonds. The highest BCUT2D eigenvalue weighted by Gasteiger charge is 2.50. The topological polar surface area (TPSA) is 101 Å². The second kappa shape index (κ2) is 9.56. The number of hydrogen-bond donors (Lipinski definition) is 1. The van der Waals surface area contributed by atoms with Gasteiger partial charge < -0.3 is 14.4 Å². The fourth-order valence-corrected chi connectivity index (χ4v) is 5.40. The first-order valence-electron chi connectivity index (χ1n) is 10.7. The van der Waals surface area contributed by atoms with Crippen molar-refractivity contribution in [1.29, 1.82) is 0 Å². The molecule has 0 bridgehead atoms. The van der Waals surface area contributed by atoms with Crippen LogP contribution in [0.4, 0.5) is 20.4 Å². The monoisotopic (exact) mass is 492 g/mol. The van der Waals surface area contributed by atoms with Crippen LogP contribution in [0.5, 0.6) is 0 Å². The minimum absolute atomic E-state index is 0.258. The molecule has 11 heteroatoms. The lowest BCUT2D eigenvalue weighted by atomic mass is 9.81. The molecule has 1 aromatic heterocycles. The van der Waals surface area contributed by atoms with Gasteiger partial charge in [0.2, 0.25) is 0 Å². The number of aromatic nitrogens is 1.